The lowest BCUT2D eigenvalue weighted by molar-refractivity contribution is 0.0716. The predicted octanol–water partition coefficient (Wildman–Crippen LogP) is 3.18. The van der Waals surface area contributed by atoms with Gasteiger partial charge in [-0.2, -0.15) is 5.53 Å². The molecule has 7 heteroatoms. The fraction of sp³-hybridized carbons (Fsp3) is 0.474. The fourth-order valence-electron chi connectivity index (χ4n) is 1.95. The van der Waals surface area contributed by atoms with E-state index in [9.17, 15) is 4.79 Å². The fourth-order valence-corrected chi connectivity index (χ4v) is 2.03. The summed E-state index contributed by atoms with van der Waals surface area (Å²) in [5, 5.41) is 2.74. The van der Waals surface area contributed by atoms with E-state index in [0.717, 1.165) is 0 Å². The van der Waals surface area contributed by atoms with Crippen molar-refractivity contribution in [1.29, 1.82) is 0 Å². The maximum Gasteiger partial charge on any atom is 0.269 e. The Morgan fingerprint density at radius 3 is 2.50 bits per heavy atom. The van der Waals surface area contributed by atoms with Crippen LogP contribution in [0.25, 0.3) is 0 Å². The van der Waals surface area contributed by atoms with Crippen LogP contribution >= 0.6 is 12.6 Å². The number of nitrogens with two attached hydrogens (primary N) is 1. The molecule has 0 aliphatic rings. The third kappa shape index (κ3) is 7.54. The summed E-state index contributed by atoms with van der Waals surface area (Å²) in [5.41, 5.74) is 5.44. The second-order valence-corrected chi connectivity index (χ2v) is 7.37. The number of thiol groups is 1. The van der Waals surface area contributed by atoms with Crippen molar-refractivity contribution >= 4 is 18.5 Å². The lowest BCUT2D eigenvalue weighted by atomic mass is 9.95. The molecule has 144 valence electrons. The number of carbonyl (C=O) groups is 1. The average Bonchev–Trinajstić information content (AvgIpc) is 2.61. The molecule has 1 aromatic carbocycles. The highest BCUT2D eigenvalue weighted by molar-refractivity contribution is 7.83. The summed E-state index contributed by atoms with van der Waals surface area (Å²) in [7, 11) is 1.54. The van der Waals surface area contributed by atoms with Crippen molar-refractivity contribution in [2.75, 3.05) is 20.3 Å². The largest absolute Gasteiger partial charge is 0.493 e. The number of rotatable bonds is 9. The summed E-state index contributed by atoms with van der Waals surface area (Å²) in [6.07, 6.45) is 1.89. The SMILES string of the molecule is CC(C)COc1cc(OCC(C)(C)C=C=CS)cc(C(=O)N(C)NN)c1. The number of hydrogen-bond acceptors (Lipinski definition) is 6. The molecular weight excluding hydrogens is 350 g/mol. The maximum atomic E-state index is 12.4. The lowest BCUT2D eigenvalue weighted by Crippen LogP contribution is -2.43. The van der Waals surface area contributed by atoms with Crippen LogP contribution < -0.4 is 20.9 Å². The van der Waals surface area contributed by atoms with Gasteiger partial charge < -0.3 is 9.47 Å². The van der Waals surface area contributed by atoms with Crippen LogP contribution in [0.1, 0.15) is 38.1 Å². The molecule has 0 aliphatic heterocycles. The van der Waals surface area contributed by atoms with Gasteiger partial charge in [0.1, 0.15) is 11.5 Å². The smallest absolute Gasteiger partial charge is 0.269 e. The molecule has 26 heavy (non-hydrogen) atoms. The molecule has 0 aliphatic carbocycles. The molecule has 3 N–H and O–H groups in total. The summed E-state index contributed by atoms with van der Waals surface area (Å²) in [6.45, 7) is 9.12. The van der Waals surface area contributed by atoms with Crippen LogP contribution in [0.3, 0.4) is 0 Å². The number of hydrogen-bond donors (Lipinski definition) is 3. The molecule has 0 fully saturated rings. The Hall–Kier alpha value is -1.92. The van der Waals surface area contributed by atoms with Gasteiger partial charge in [0.25, 0.3) is 5.91 Å². The molecule has 0 unspecified atom stereocenters. The first kappa shape index (κ1) is 22.1. The molecule has 0 spiro atoms. The number of benzene rings is 1. The molecule has 0 saturated carbocycles. The Balaban J connectivity index is 3.06. The van der Waals surface area contributed by atoms with E-state index in [4.69, 9.17) is 15.3 Å². The third-order valence-corrected chi connectivity index (χ3v) is 3.52. The zero-order chi connectivity index (χ0) is 19.7. The summed E-state index contributed by atoms with van der Waals surface area (Å²) in [5.74, 6) is 6.53. The van der Waals surface area contributed by atoms with E-state index < -0.39 is 0 Å². The van der Waals surface area contributed by atoms with Crippen LogP contribution in [0.15, 0.2) is 35.4 Å². The molecule has 0 bridgehead atoms. The van der Waals surface area contributed by atoms with Crippen molar-refractivity contribution in [2.24, 2.45) is 17.2 Å². The zero-order valence-corrected chi connectivity index (χ0v) is 17.0. The van der Waals surface area contributed by atoms with E-state index in [0.29, 0.717) is 36.2 Å². The van der Waals surface area contributed by atoms with Gasteiger partial charge in [0.05, 0.1) is 13.2 Å². The summed E-state index contributed by atoms with van der Waals surface area (Å²) < 4.78 is 11.7. The van der Waals surface area contributed by atoms with Crippen molar-refractivity contribution < 1.29 is 14.3 Å². The van der Waals surface area contributed by atoms with E-state index in [1.807, 2.05) is 19.9 Å². The van der Waals surface area contributed by atoms with Gasteiger partial charge in [-0.05, 0) is 24.1 Å². The van der Waals surface area contributed by atoms with Crippen LogP contribution in [0, 0.1) is 11.3 Å². The Kier molecular flexibility index (Phi) is 8.75. The van der Waals surface area contributed by atoms with Crippen molar-refractivity contribution in [3.63, 3.8) is 0 Å². The topological polar surface area (TPSA) is 76.8 Å². The summed E-state index contributed by atoms with van der Waals surface area (Å²) >= 11 is 4.01. The molecule has 0 saturated heterocycles. The highest BCUT2D eigenvalue weighted by Gasteiger charge is 2.18. The highest BCUT2D eigenvalue weighted by Crippen LogP contribution is 2.26. The Morgan fingerprint density at radius 2 is 1.96 bits per heavy atom. The standard InChI is InChI=1S/C19H29N3O3S/c1-14(2)12-24-16-9-15(18(23)22(5)21-20)10-17(11-16)25-13-19(3,4)7-6-8-26/h7-11,14,21,26H,12-13,20H2,1-5H3. The first-order valence-electron chi connectivity index (χ1n) is 8.40. The minimum atomic E-state index is -0.287. The second-order valence-electron chi connectivity index (χ2n) is 7.11. The van der Waals surface area contributed by atoms with E-state index >= 15 is 0 Å². The van der Waals surface area contributed by atoms with Gasteiger partial charge in [-0.1, -0.05) is 27.7 Å². The molecule has 1 rings (SSSR count). The molecule has 1 amide bonds. The molecule has 1 aromatic rings. The van der Waals surface area contributed by atoms with Gasteiger partial charge in [-0.25, -0.2) is 0 Å². The Labute approximate surface area is 161 Å². The van der Waals surface area contributed by atoms with Gasteiger partial charge in [0.2, 0.25) is 0 Å². The second kappa shape index (κ2) is 10.3. The minimum absolute atomic E-state index is 0.242. The molecule has 0 radical (unpaired) electrons. The third-order valence-electron chi connectivity index (χ3n) is 3.37. The number of carbonyl (C=O) groups excluding carboxylic acids is 1. The molecular formula is C19H29N3O3S. The van der Waals surface area contributed by atoms with E-state index in [1.54, 1.807) is 30.7 Å². The summed E-state index contributed by atoms with van der Waals surface area (Å²) in [6, 6.07) is 5.13. The first-order chi connectivity index (χ1) is 12.2. The monoisotopic (exact) mass is 379 g/mol. The maximum absolute atomic E-state index is 12.4. The predicted molar refractivity (Wildman–Crippen MR) is 107 cm³/mol. The average molecular weight is 380 g/mol. The first-order valence-corrected chi connectivity index (χ1v) is 8.91. The van der Waals surface area contributed by atoms with Crippen molar-refractivity contribution in [3.8, 4) is 11.5 Å². The van der Waals surface area contributed by atoms with Gasteiger partial charge in [-0.3, -0.25) is 15.6 Å². The molecule has 0 heterocycles. The van der Waals surface area contributed by atoms with E-state index in [2.05, 4.69) is 37.7 Å². The van der Waals surface area contributed by atoms with Gasteiger partial charge in [0.15, 0.2) is 0 Å². The Bertz CT molecular complexity index is 668. The molecule has 6 nitrogen and oxygen atoms in total. The number of nitrogens with one attached hydrogen (secondary N) is 1. The van der Waals surface area contributed by atoms with E-state index in [1.165, 1.54) is 5.01 Å². The number of nitrogens with zero attached hydrogens (tertiary/aromatic N) is 1. The van der Waals surface area contributed by atoms with Crippen LogP contribution in [0.5, 0.6) is 11.5 Å². The van der Waals surface area contributed by atoms with Crippen LogP contribution in [0.4, 0.5) is 0 Å². The summed E-state index contributed by atoms with van der Waals surface area (Å²) in [4.78, 5) is 12.4. The van der Waals surface area contributed by atoms with E-state index in [-0.39, 0.29) is 11.3 Å². The number of amides is 1. The minimum Gasteiger partial charge on any atom is -0.493 e. The normalized spacial score (nSPS) is 10.9. The number of hydrazine groups is 2. The molecule has 0 atom stereocenters. The van der Waals surface area contributed by atoms with Crippen molar-refractivity contribution in [1.82, 2.24) is 10.5 Å². The number of ether oxygens (including phenoxy) is 2. The van der Waals surface area contributed by atoms with Crippen LogP contribution in [-0.4, -0.2) is 31.2 Å². The van der Waals surface area contributed by atoms with Crippen molar-refractivity contribution in [3.05, 3.63) is 41.0 Å². The van der Waals surface area contributed by atoms with Gasteiger partial charge in [0, 0.05) is 29.5 Å². The van der Waals surface area contributed by atoms with Crippen LogP contribution in [0.2, 0.25) is 0 Å². The van der Waals surface area contributed by atoms with Gasteiger partial charge >= 0.3 is 0 Å². The molecule has 0 aromatic heterocycles. The van der Waals surface area contributed by atoms with Crippen molar-refractivity contribution in [2.45, 2.75) is 27.7 Å². The van der Waals surface area contributed by atoms with Gasteiger partial charge in [-0.15, -0.1) is 18.4 Å². The van der Waals surface area contributed by atoms with Crippen LogP contribution in [-0.2, 0) is 0 Å². The highest BCUT2D eigenvalue weighted by atomic mass is 32.1. The quantitative estimate of drug-likeness (QED) is 0.266. The lowest BCUT2D eigenvalue weighted by Gasteiger charge is -2.21. The Morgan fingerprint density at radius 1 is 1.35 bits per heavy atom. The zero-order valence-electron chi connectivity index (χ0n) is 16.1.